The number of hydrogen-bond acceptors (Lipinski definition) is 4. The summed E-state index contributed by atoms with van der Waals surface area (Å²) < 4.78 is 42.7. The Balaban J connectivity index is 1.98. The molecule has 0 saturated heterocycles. The van der Waals surface area contributed by atoms with Gasteiger partial charge < -0.3 is 10.1 Å². The van der Waals surface area contributed by atoms with Crippen molar-refractivity contribution >= 4 is 11.9 Å². The number of pyridine rings is 1. The smallest absolute Gasteiger partial charge is 0.417 e. The number of nitrogens with one attached hydrogen (secondary N) is 3. The topological polar surface area (TPSA) is 92.4 Å². The Kier molecular flexibility index (Phi) is 5.42. The molecular weight excluding hydrogens is 341 g/mol. The Morgan fingerprint density at radius 2 is 1.72 bits per heavy atom. The van der Waals surface area contributed by atoms with Crippen molar-refractivity contribution in [3.8, 4) is 11.6 Å². The molecule has 0 aliphatic heterocycles. The van der Waals surface area contributed by atoms with Gasteiger partial charge in [-0.25, -0.2) is 15.2 Å². The van der Waals surface area contributed by atoms with E-state index in [-0.39, 0.29) is 17.2 Å². The van der Waals surface area contributed by atoms with Crippen molar-refractivity contribution in [1.29, 1.82) is 0 Å². The van der Waals surface area contributed by atoms with Crippen LogP contribution in [0.15, 0.2) is 42.6 Å². The first-order chi connectivity index (χ1) is 11.8. The predicted octanol–water partition coefficient (Wildman–Crippen LogP) is 2.47. The van der Waals surface area contributed by atoms with E-state index in [0.29, 0.717) is 6.20 Å². The molecule has 3 amide bonds. The summed E-state index contributed by atoms with van der Waals surface area (Å²) in [6, 6.07) is 7.08. The molecule has 2 rings (SSSR count). The third-order valence-corrected chi connectivity index (χ3v) is 2.92. The van der Waals surface area contributed by atoms with Crippen LogP contribution < -0.4 is 20.9 Å². The van der Waals surface area contributed by atoms with Gasteiger partial charge in [0.05, 0.1) is 5.56 Å². The number of rotatable bonds is 3. The highest BCUT2D eigenvalue weighted by atomic mass is 19.4. The normalized spacial score (nSPS) is 10.7. The maximum atomic E-state index is 12.5. The van der Waals surface area contributed by atoms with E-state index in [9.17, 15) is 22.8 Å². The molecule has 10 heteroatoms. The highest BCUT2D eigenvalue weighted by molar-refractivity contribution is 5.95. The Bertz CT molecular complexity index is 746. The largest absolute Gasteiger partial charge is 0.439 e. The molecule has 132 valence electrons. The number of urea groups is 1. The standard InChI is InChI=1S/C15H13F3N4O3/c1-19-14(24)22-21-13(23)9-2-5-11(6-3-9)25-12-7-4-10(8-20-12)15(16,17)18/h2-8H,1H3,(H,21,23)(H2,19,22,24). The van der Waals surface area contributed by atoms with Gasteiger partial charge in [0.2, 0.25) is 5.88 Å². The lowest BCUT2D eigenvalue weighted by Crippen LogP contribution is -2.45. The summed E-state index contributed by atoms with van der Waals surface area (Å²) in [6.45, 7) is 0. The van der Waals surface area contributed by atoms with E-state index in [1.165, 1.54) is 31.3 Å². The van der Waals surface area contributed by atoms with Gasteiger partial charge in [0.25, 0.3) is 5.91 Å². The molecule has 0 atom stereocenters. The van der Waals surface area contributed by atoms with Crippen LogP contribution in [0.4, 0.5) is 18.0 Å². The number of ether oxygens (including phenoxy) is 1. The molecule has 1 heterocycles. The highest BCUT2D eigenvalue weighted by Crippen LogP contribution is 2.30. The second-order valence-electron chi connectivity index (χ2n) is 4.67. The number of halogens is 3. The number of amides is 3. The number of benzene rings is 1. The monoisotopic (exact) mass is 354 g/mol. The van der Waals surface area contributed by atoms with Gasteiger partial charge in [-0.05, 0) is 30.3 Å². The molecule has 0 radical (unpaired) electrons. The van der Waals surface area contributed by atoms with Crippen LogP contribution in [0.1, 0.15) is 15.9 Å². The number of hydrogen-bond donors (Lipinski definition) is 3. The average Bonchev–Trinajstić information content (AvgIpc) is 2.59. The zero-order chi connectivity index (χ0) is 18.4. The Labute approximate surface area is 140 Å². The first-order valence-electron chi connectivity index (χ1n) is 6.89. The summed E-state index contributed by atoms with van der Waals surface area (Å²) in [5.41, 5.74) is 3.66. The van der Waals surface area contributed by atoms with Gasteiger partial charge in [-0.1, -0.05) is 0 Å². The third kappa shape index (κ3) is 5.09. The number of aromatic nitrogens is 1. The number of carbonyl (C=O) groups is 2. The van der Waals surface area contributed by atoms with E-state index in [0.717, 1.165) is 12.1 Å². The minimum Gasteiger partial charge on any atom is -0.439 e. The SMILES string of the molecule is CNC(=O)NNC(=O)c1ccc(Oc2ccc(C(F)(F)F)cn2)cc1. The minimum absolute atomic E-state index is 0.0218. The van der Waals surface area contributed by atoms with Gasteiger partial charge in [-0.3, -0.25) is 10.2 Å². The van der Waals surface area contributed by atoms with Gasteiger partial charge in [0, 0.05) is 24.9 Å². The molecular formula is C15H13F3N4O3. The second-order valence-corrected chi connectivity index (χ2v) is 4.67. The van der Waals surface area contributed by atoms with Gasteiger partial charge >= 0.3 is 12.2 Å². The molecule has 25 heavy (non-hydrogen) atoms. The zero-order valence-electron chi connectivity index (χ0n) is 12.8. The molecule has 1 aromatic heterocycles. The zero-order valence-corrected chi connectivity index (χ0v) is 12.8. The quantitative estimate of drug-likeness (QED) is 0.739. The molecule has 0 unspecified atom stereocenters. The fourth-order valence-electron chi connectivity index (χ4n) is 1.65. The van der Waals surface area contributed by atoms with Crippen LogP contribution in [-0.2, 0) is 6.18 Å². The summed E-state index contributed by atoms with van der Waals surface area (Å²) in [7, 11) is 1.39. The molecule has 0 fully saturated rings. The first kappa shape index (κ1) is 18.0. The fraction of sp³-hybridized carbons (Fsp3) is 0.133. The number of hydrazine groups is 1. The maximum absolute atomic E-state index is 12.5. The lowest BCUT2D eigenvalue weighted by molar-refractivity contribution is -0.137. The van der Waals surface area contributed by atoms with Crippen LogP contribution in [0, 0.1) is 0 Å². The van der Waals surface area contributed by atoms with Crippen LogP contribution in [-0.4, -0.2) is 24.0 Å². The van der Waals surface area contributed by atoms with Crippen LogP contribution >= 0.6 is 0 Å². The van der Waals surface area contributed by atoms with Crippen molar-refractivity contribution in [3.63, 3.8) is 0 Å². The molecule has 7 nitrogen and oxygen atoms in total. The summed E-state index contributed by atoms with van der Waals surface area (Å²) in [4.78, 5) is 26.3. The summed E-state index contributed by atoms with van der Waals surface area (Å²) >= 11 is 0. The molecule has 1 aromatic carbocycles. The first-order valence-corrected chi connectivity index (χ1v) is 6.89. The number of nitrogens with zero attached hydrogens (tertiary/aromatic N) is 1. The lowest BCUT2D eigenvalue weighted by Gasteiger charge is -2.09. The summed E-state index contributed by atoms with van der Waals surface area (Å²) in [5, 5.41) is 2.26. The van der Waals surface area contributed by atoms with Crippen molar-refractivity contribution < 1.29 is 27.5 Å². The number of alkyl halides is 3. The second kappa shape index (κ2) is 7.51. The Morgan fingerprint density at radius 3 is 2.24 bits per heavy atom. The van der Waals surface area contributed by atoms with Gasteiger partial charge in [-0.2, -0.15) is 13.2 Å². The molecule has 0 saturated carbocycles. The van der Waals surface area contributed by atoms with Crippen LogP contribution in [0.3, 0.4) is 0 Å². The van der Waals surface area contributed by atoms with Crippen molar-refractivity contribution in [2.75, 3.05) is 7.05 Å². The molecule has 0 spiro atoms. The molecule has 0 aliphatic carbocycles. The minimum atomic E-state index is -4.47. The van der Waals surface area contributed by atoms with E-state index < -0.39 is 23.7 Å². The van der Waals surface area contributed by atoms with Crippen molar-refractivity contribution in [1.82, 2.24) is 21.2 Å². The van der Waals surface area contributed by atoms with Crippen molar-refractivity contribution in [3.05, 3.63) is 53.7 Å². The van der Waals surface area contributed by atoms with Crippen LogP contribution in [0.5, 0.6) is 11.6 Å². The predicted molar refractivity (Wildman–Crippen MR) is 80.8 cm³/mol. The van der Waals surface area contributed by atoms with E-state index in [2.05, 4.69) is 21.2 Å². The summed E-state index contributed by atoms with van der Waals surface area (Å²) in [6.07, 6.45) is -3.80. The van der Waals surface area contributed by atoms with Crippen LogP contribution in [0.25, 0.3) is 0 Å². The molecule has 0 bridgehead atoms. The van der Waals surface area contributed by atoms with Gasteiger partial charge in [0.1, 0.15) is 5.75 Å². The van der Waals surface area contributed by atoms with Gasteiger partial charge in [-0.15, -0.1) is 0 Å². The average molecular weight is 354 g/mol. The Morgan fingerprint density at radius 1 is 1.04 bits per heavy atom. The van der Waals surface area contributed by atoms with E-state index in [1.807, 2.05) is 0 Å². The van der Waals surface area contributed by atoms with E-state index in [1.54, 1.807) is 0 Å². The number of carbonyl (C=O) groups excluding carboxylic acids is 2. The van der Waals surface area contributed by atoms with Crippen molar-refractivity contribution in [2.24, 2.45) is 0 Å². The Hall–Kier alpha value is -3.30. The van der Waals surface area contributed by atoms with Crippen molar-refractivity contribution in [2.45, 2.75) is 6.18 Å². The third-order valence-electron chi connectivity index (χ3n) is 2.92. The maximum Gasteiger partial charge on any atom is 0.417 e. The lowest BCUT2D eigenvalue weighted by atomic mass is 10.2. The van der Waals surface area contributed by atoms with E-state index in [4.69, 9.17) is 4.74 Å². The molecule has 2 aromatic rings. The molecule has 3 N–H and O–H groups in total. The van der Waals surface area contributed by atoms with Gasteiger partial charge in [0.15, 0.2) is 0 Å². The van der Waals surface area contributed by atoms with Crippen LogP contribution in [0.2, 0.25) is 0 Å². The highest BCUT2D eigenvalue weighted by Gasteiger charge is 2.30. The molecule has 0 aliphatic rings. The van der Waals surface area contributed by atoms with E-state index >= 15 is 0 Å². The summed E-state index contributed by atoms with van der Waals surface area (Å²) in [5.74, 6) is -0.294. The fourth-order valence-corrected chi connectivity index (χ4v) is 1.65.